The minimum Gasteiger partial charge on any atom is -0.330 e. The number of hydrogen-bond donors (Lipinski definition) is 1. The monoisotopic (exact) mass is 269 g/mol. The van der Waals surface area contributed by atoms with Gasteiger partial charge in [0.25, 0.3) is 0 Å². The van der Waals surface area contributed by atoms with Crippen LogP contribution >= 0.6 is 0 Å². The summed E-state index contributed by atoms with van der Waals surface area (Å²) < 4.78 is 0. The van der Waals surface area contributed by atoms with Gasteiger partial charge in [0.2, 0.25) is 0 Å². The summed E-state index contributed by atoms with van der Waals surface area (Å²) in [4.78, 5) is 8.92. The van der Waals surface area contributed by atoms with Crippen molar-refractivity contribution >= 4 is 0 Å². The molecule has 0 radical (unpaired) electrons. The van der Waals surface area contributed by atoms with Gasteiger partial charge < -0.3 is 5.73 Å². The molecule has 1 aromatic carbocycles. The summed E-state index contributed by atoms with van der Waals surface area (Å²) in [7, 11) is 0. The third-order valence-electron chi connectivity index (χ3n) is 3.52. The lowest BCUT2D eigenvalue weighted by molar-refractivity contribution is 0.590. The maximum absolute atomic E-state index is 5.68. The molecular weight excluding hydrogens is 246 g/mol. The molecule has 2 rings (SSSR count). The molecule has 0 saturated heterocycles. The van der Waals surface area contributed by atoms with Crippen LogP contribution in [0, 0.1) is 0 Å². The van der Waals surface area contributed by atoms with Gasteiger partial charge >= 0.3 is 0 Å². The van der Waals surface area contributed by atoms with E-state index in [1.807, 2.05) is 19.2 Å². The first-order valence-corrected chi connectivity index (χ1v) is 7.05. The fourth-order valence-electron chi connectivity index (χ4n) is 2.02. The maximum Gasteiger partial charge on any atom is 0.133 e. The number of benzene rings is 1. The van der Waals surface area contributed by atoms with E-state index < -0.39 is 0 Å². The second-order valence-electron chi connectivity index (χ2n) is 6.26. The zero-order chi connectivity index (χ0) is 14.8. The molecule has 2 N–H and O–H groups in total. The lowest BCUT2D eigenvalue weighted by Crippen LogP contribution is -2.12. The molecule has 0 fully saturated rings. The number of nitrogens with zero attached hydrogens (tertiary/aromatic N) is 2. The van der Waals surface area contributed by atoms with Crippen LogP contribution in [0.15, 0.2) is 36.5 Å². The van der Waals surface area contributed by atoms with Crippen LogP contribution in [0.5, 0.6) is 0 Å². The molecule has 1 atom stereocenters. The minimum atomic E-state index is 0.170. The van der Waals surface area contributed by atoms with Crippen molar-refractivity contribution in [1.29, 1.82) is 0 Å². The number of rotatable bonds is 3. The van der Waals surface area contributed by atoms with Crippen LogP contribution in [0.2, 0.25) is 0 Å². The van der Waals surface area contributed by atoms with Crippen molar-refractivity contribution in [2.75, 3.05) is 6.54 Å². The summed E-state index contributed by atoms with van der Waals surface area (Å²) in [5, 5.41) is 0. The Morgan fingerprint density at radius 3 is 2.30 bits per heavy atom. The summed E-state index contributed by atoms with van der Waals surface area (Å²) in [6.07, 6.45) is 1.81. The molecule has 0 spiro atoms. The highest BCUT2D eigenvalue weighted by Crippen LogP contribution is 2.25. The number of nitrogens with two attached hydrogens (primary N) is 1. The van der Waals surface area contributed by atoms with Crippen LogP contribution < -0.4 is 5.73 Å². The normalized spacial score (nSPS) is 13.2. The average Bonchev–Trinajstić information content (AvgIpc) is 2.46. The van der Waals surface area contributed by atoms with Crippen molar-refractivity contribution < 1.29 is 0 Å². The van der Waals surface area contributed by atoms with Gasteiger partial charge in [-0.25, -0.2) is 9.97 Å². The molecule has 0 bridgehead atoms. The Labute approximate surface area is 121 Å². The molecule has 1 aromatic heterocycles. The lowest BCUT2D eigenvalue weighted by Gasteiger charge is -2.19. The highest BCUT2D eigenvalue weighted by atomic mass is 14.9. The van der Waals surface area contributed by atoms with Crippen LogP contribution in [0.3, 0.4) is 0 Å². The van der Waals surface area contributed by atoms with Crippen molar-refractivity contribution in [2.24, 2.45) is 5.73 Å². The Balaban J connectivity index is 2.32. The van der Waals surface area contributed by atoms with Crippen molar-refractivity contribution in [1.82, 2.24) is 9.97 Å². The van der Waals surface area contributed by atoms with E-state index >= 15 is 0 Å². The van der Waals surface area contributed by atoms with Crippen molar-refractivity contribution in [3.63, 3.8) is 0 Å². The first-order chi connectivity index (χ1) is 9.41. The summed E-state index contributed by atoms with van der Waals surface area (Å²) in [5.41, 5.74) is 9.25. The molecule has 0 saturated carbocycles. The first-order valence-electron chi connectivity index (χ1n) is 7.05. The molecule has 1 heterocycles. The fraction of sp³-hybridized carbons (Fsp3) is 0.412. The van der Waals surface area contributed by atoms with E-state index in [1.165, 1.54) is 5.56 Å². The Morgan fingerprint density at radius 1 is 1.10 bits per heavy atom. The molecular formula is C17H23N3. The van der Waals surface area contributed by atoms with Gasteiger partial charge in [0.1, 0.15) is 5.82 Å². The molecule has 3 nitrogen and oxygen atoms in total. The van der Waals surface area contributed by atoms with Crippen LogP contribution in [0.4, 0.5) is 0 Å². The Morgan fingerprint density at radius 2 is 1.75 bits per heavy atom. The Bertz CT molecular complexity index is 568. The third-order valence-corrected chi connectivity index (χ3v) is 3.52. The second-order valence-corrected chi connectivity index (χ2v) is 6.26. The van der Waals surface area contributed by atoms with Crippen molar-refractivity contribution in [3.8, 4) is 11.3 Å². The van der Waals surface area contributed by atoms with Gasteiger partial charge in [0.05, 0.1) is 5.69 Å². The summed E-state index contributed by atoms with van der Waals surface area (Å²) in [6, 6.07) is 10.5. The molecule has 3 heteroatoms. The molecule has 2 aromatic rings. The maximum atomic E-state index is 5.68. The Kier molecular flexibility index (Phi) is 4.19. The van der Waals surface area contributed by atoms with Crippen LogP contribution in [-0.2, 0) is 5.41 Å². The van der Waals surface area contributed by atoms with E-state index in [2.05, 4.69) is 55.0 Å². The van der Waals surface area contributed by atoms with Gasteiger partial charge in [-0.1, -0.05) is 52.0 Å². The average molecular weight is 269 g/mol. The predicted molar refractivity (Wildman–Crippen MR) is 83.6 cm³/mol. The van der Waals surface area contributed by atoms with E-state index in [4.69, 9.17) is 5.73 Å². The van der Waals surface area contributed by atoms with Gasteiger partial charge in [0, 0.05) is 24.2 Å². The molecule has 0 amide bonds. The Hall–Kier alpha value is -1.74. The van der Waals surface area contributed by atoms with Crippen LogP contribution in [0.25, 0.3) is 11.3 Å². The molecule has 0 aliphatic carbocycles. The topological polar surface area (TPSA) is 51.8 Å². The van der Waals surface area contributed by atoms with E-state index in [9.17, 15) is 0 Å². The van der Waals surface area contributed by atoms with Crippen LogP contribution in [0.1, 0.15) is 45.0 Å². The molecule has 0 aliphatic heterocycles. The van der Waals surface area contributed by atoms with Gasteiger partial charge in [-0.2, -0.15) is 0 Å². The van der Waals surface area contributed by atoms with E-state index in [0.717, 1.165) is 17.1 Å². The second kappa shape index (κ2) is 5.71. The zero-order valence-corrected chi connectivity index (χ0v) is 12.7. The van der Waals surface area contributed by atoms with Gasteiger partial charge in [-0.15, -0.1) is 0 Å². The van der Waals surface area contributed by atoms with Gasteiger partial charge in [-0.05, 0) is 17.0 Å². The summed E-state index contributed by atoms with van der Waals surface area (Å²) in [6.45, 7) is 9.25. The summed E-state index contributed by atoms with van der Waals surface area (Å²) >= 11 is 0. The third kappa shape index (κ3) is 3.23. The predicted octanol–water partition coefficient (Wildman–Crippen LogP) is 3.50. The number of aromatic nitrogens is 2. The molecule has 0 aliphatic rings. The van der Waals surface area contributed by atoms with Crippen molar-refractivity contribution in [2.45, 2.75) is 39.0 Å². The van der Waals surface area contributed by atoms with E-state index in [1.54, 1.807) is 0 Å². The highest BCUT2D eigenvalue weighted by molar-refractivity contribution is 5.59. The molecule has 20 heavy (non-hydrogen) atoms. The van der Waals surface area contributed by atoms with Gasteiger partial charge in [0.15, 0.2) is 0 Å². The van der Waals surface area contributed by atoms with Crippen molar-refractivity contribution in [3.05, 3.63) is 47.9 Å². The highest BCUT2D eigenvalue weighted by Gasteiger charge is 2.13. The summed E-state index contributed by atoms with van der Waals surface area (Å²) in [5.74, 6) is 0.994. The minimum absolute atomic E-state index is 0.170. The smallest absolute Gasteiger partial charge is 0.133 e. The first kappa shape index (κ1) is 14.7. The molecule has 106 valence electrons. The quantitative estimate of drug-likeness (QED) is 0.927. The lowest BCUT2D eigenvalue weighted by atomic mass is 9.86. The fourth-order valence-corrected chi connectivity index (χ4v) is 2.02. The standard InChI is InChI=1S/C17H23N3/c1-12(11-18)16-19-10-9-15(20-16)13-5-7-14(8-6-13)17(2,3)4/h5-10,12H,11,18H2,1-4H3. The largest absolute Gasteiger partial charge is 0.330 e. The SMILES string of the molecule is CC(CN)c1nccc(-c2ccc(C(C)(C)C)cc2)n1. The van der Waals surface area contributed by atoms with Crippen LogP contribution in [-0.4, -0.2) is 16.5 Å². The molecule has 1 unspecified atom stereocenters. The van der Waals surface area contributed by atoms with E-state index in [0.29, 0.717) is 6.54 Å². The van der Waals surface area contributed by atoms with Gasteiger partial charge in [-0.3, -0.25) is 0 Å². The zero-order valence-electron chi connectivity index (χ0n) is 12.7. The van der Waals surface area contributed by atoms with E-state index in [-0.39, 0.29) is 11.3 Å². The number of hydrogen-bond acceptors (Lipinski definition) is 3.